The van der Waals surface area contributed by atoms with Gasteiger partial charge in [0.2, 0.25) is 6.79 Å². The monoisotopic (exact) mass is 260 g/mol. The van der Waals surface area contributed by atoms with Crippen LogP contribution in [0.3, 0.4) is 0 Å². The number of aromatic nitrogens is 2. The Morgan fingerprint density at radius 2 is 2.16 bits per heavy atom. The number of hydrogen-bond donors (Lipinski definition) is 1. The van der Waals surface area contributed by atoms with Crippen LogP contribution in [0.4, 0.5) is 0 Å². The van der Waals surface area contributed by atoms with E-state index in [0.717, 1.165) is 11.1 Å². The van der Waals surface area contributed by atoms with Crippen LogP contribution in [0.15, 0.2) is 18.2 Å². The number of hydrogen-bond acceptors (Lipinski definition) is 4. The van der Waals surface area contributed by atoms with E-state index in [0.29, 0.717) is 17.2 Å². The normalized spacial score (nSPS) is 12.7. The van der Waals surface area contributed by atoms with Gasteiger partial charge in [-0.25, -0.2) is 4.79 Å². The van der Waals surface area contributed by atoms with Crippen molar-refractivity contribution in [3.8, 4) is 22.8 Å². The minimum absolute atomic E-state index is 0.00618. The molecule has 1 aliphatic heterocycles. The number of carbonyl (C=O) groups is 1. The van der Waals surface area contributed by atoms with Crippen LogP contribution in [0.5, 0.6) is 11.5 Å². The van der Waals surface area contributed by atoms with Gasteiger partial charge in [0, 0.05) is 12.6 Å². The van der Waals surface area contributed by atoms with Crippen LogP contribution in [0.2, 0.25) is 0 Å². The second kappa shape index (κ2) is 4.01. The molecule has 0 radical (unpaired) electrons. The number of nitrogens with zero attached hydrogens (tertiary/aromatic N) is 2. The molecular formula is C13H12N2O4. The van der Waals surface area contributed by atoms with E-state index in [1.165, 1.54) is 10.7 Å². The molecule has 0 atom stereocenters. The Morgan fingerprint density at radius 1 is 1.37 bits per heavy atom. The zero-order valence-corrected chi connectivity index (χ0v) is 10.5. The molecule has 0 saturated carbocycles. The molecule has 3 rings (SSSR count). The Hall–Kier alpha value is -2.50. The number of ether oxygens (including phenoxy) is 2. The molecule has 0 aliphatic carbocycles. The fraction of sp³-hybridized carbons (Fsp3) is 0.231. The zero-order chi connectivity index (χ0) is 13.6. The van der Waals surface area contributed by atoms with Crippen molar-refractivity contribution >= 4 is 5.97 Å². The minimum Gasteiger partial charge on any atom is -0.476 e. The molecule has 2 aromatic rings. The third kappa shape index (κ3) is 1.81. The molecule has 0 amide bonds. The molecule has 0 fully saturated rings. The van der Waals surface area contributed by atoms with Gasteiger partial charge in [0.25, 0.3) is 0 Å². The topological polar surface area (TPSA) is 73.6 Å². The van der Waals surface area contributed by atoms with Crippen molar-refractivity contribution in [2.75, 3.05) is 6.79 Å². The van der Waals surface area contributed by atoms with Crippen molar-refractivity contribution in [1.29, 1.82) is 0 Å². The third-order valence-electron chi connectivity index (χ3n) is 2.99. The molecule has 2 heterocycles. The number of carboxylic acid groups (broad SMARTS) is 1. The maximum absolute atomic E-state index is 11.0. The van der Waals surface area contributed by atoms with Crippen molar-refractivity contribution in [2.24, 2.45) is 7.05 Å². The lowest BCUT2D eigenvalue weighted by molar-refractivity contribution is 0.0689. The molecule has 98 valence electrons. The number of carboxylic acids is 1. The average molecular weight is 260 g/mol. The zero-order valence-electron chi connectivity index (χ0n) is 10.5. The van der Waals surface area contributed by atoms with Gasteiger partial charge < -0.3 is 14.6 Å². The van der Waals surface area contributed by atoms with Crippen molar-refractivity contribution in [3.05, 3.63) is 29.5 Å². The summed E-state index contributed by atoms with van der Waals surface area (Å²) in [6, 6.07) is 5.34. The van der Waals surface area contributed by atoms with Crippen LogP contribution in [0.1, 0.15) is 16.1 Å². The summed E-state index contributed by atoms with van der Waals surface area (Å²) in [6.45, 7) is 2.12. The smallest absolute Gasteiger partial charge is 0.356 e. The maximum atomic E-state index is 11.0. The van der Waals surface area contributed by atoms with Crippen molar-refractivity contribution in [2.45, 2.75) is 6.92 Å². The highest BCUT2D eigenvalue weighted by molar-refractivity contribution is 5.87. The summed E-state index contributed by atoms with van der Waals surface area (Å²) in [6.07, 6.45) is 0. The second-order valence-corrected chi connectivity index (χ2v) is 4.39. The number of aromatic carboxylic acids is 1. The van der Waals surface area contributed by atoms with Gasteiger partial charge in [-0.05, 0) is 30.7 Å². The van der Waals surface area contributed by atoms with Crippen LogP contribution in [-0.2, 0) is 7.05 Å². The van der Waals surface area contributed by atoms with Gasteiger partial charge in [0.05, 0.1) is 5.69 Å². The van der Waals surface area contributed by atoms with E-state index in [9.17, 15) is 4.79 Å². The molecule has 1 aliphatic rings. The van der Waals surface area contributed by atoms with E-state index < -0.39 is 5.97 Å². The number of benzene rings is 1. The number of aryl methyl sites for hydroxylation is 2. The first-order chi connectivity index (χ1) is 9.06. The molecular weight excluding hydrogens is 248 g/mol. The van der Waals surface area contributed by atoms with E-state index in [1.807, 2.05) is 19.1 Å². The lowest BCUT2D eigenvalue weighted by Gasteiger charge is -2.07. The van der Waals surface area contributed by atoms with Gasteiger partial charge in [-0.1, -0.05) is 0 Å². The second-order valence-electron chi connectivity index (χ2n) is 4.39. The van der Waals surface area contributed by atoms with Crippen molar-refractivity contribution in [3.63, 3.8) is 0 Å². The van der Waals surface area contributed by atoms with E-state index in [1.54, 1.807) is 7.05 Å². The molecule has 6 nitrogen and oxygen atoms in total. The lowest BCUT2D eigenvalue weighted by atomic mass is 10.1. The fourth-order valence-corrected chi connectivity index (χ4v) is 2.16. The Morgan fingerprint density at radius 3 is 2.84 bits per heavy atom. The van der Waals surface area contributed by atoms with Gasteiger partial charge in [-0.15, -0.1) is 0 Å². The summed E-state index contributed by atoms with van der Waals surface area (Å²) >= 11 is 0. The minimum atomic E-state index is -1.05. The highest BCUT2D eigenvalue weighted by Gasteiger charge is 2.22. The number of rotatable bonds is 2. The van der Waals surface area contributed by atoms with Crippen LogP contribution in [-0.4, -0.2) is 27.6 Å². The average Bonchev–Trinajstić information content (AvgIpc) is 2.94. The third-order valence-corrected chi connectivity index (χ3v) is 2.99. The molecule has 0 spiro atoms. The molecule has 1 aromatic heterocycles. The molecule has 1 aromatic carbocycles. The first kappa shape index (κ1) is 11.6. The highest BCUT2D eigenvalue weighted by atomic mass is 16.7. The van der Waals surface area contributed by atoms with Gasteiger partial charge in [-0.2, -0.15) is 5.10 Å². The summed E-state index contributed by atoms with van der Waals surface area (Å²) in [5.74, 6) is 0.252. The standard InChI is InChI=1S/C13H12N2O4/c1-7-3-8(12-11(4-7)18-6-19-12)10-5-9(13(16)17)14-15(10)2/h3-5H,6H2,1-2H3,(H,16,17). The van der Waals surface area contributed by atoms with Crippen LogP contribution in [0, 0.1) is 6.92 Å². The van der Waals surface area contributed by atoms with Gasteiger partial charge >= 0.3 is 5.97 Å². The largest absolute Gasteiger partial charge is 0.476 e. The van der Waals surface area contributed by atoms with E-state index >= 15 is 0 Å². The Kier molecular flexibility index (Phi) is 2.45. The summed E-state index contributed by atoms with van der Waals surface area (Å²) in [5, 5.41) is 12.9. The molecule has 0 bridgehead atoms. The first-order valence-electron chi connectivity index (χ1n) is 5.74. The maximum Gasteiger partial charge on any atom is 0.356 e. The van der Waals surface area contributed by atoms with E-state index in [2.05, 4.69) is 5.10 Å². The SMILES string of the molecule is Cc1cc2c(c(-c3cc(C(=O)O)nn3C)c1)OCO2. The quantitative estimate of drug-likeness (QED) is 0.891. The van der Waals surface area contributed by atoms with Crippen molar-refractivity contribution in [1.82, 2.24) is 9.78 Å². The predicted molar refractivity (Wildman–Crippen MR) is 66.5 cm³/mol. The van der Waals surface area contributed by atoms with Gasteiger partial charge in [-0.3, -0.25) is 4.68 Å². The molecule has 1 N–H and O–H groups in total. The lowest BCUT2D eigenvalue weighted by Crippen LogP contribution is -1.99. The summed E-state index contributed by atoms with van der Waals surface area (Å²) in [4.78, 5) is 11.0. The molecule has 0 saturated heterocycles. The predicted octanol–water partition coefficient (Wildman–Crippen LogP) is 1.82. The molecule has 6 heteroatoms. The Labute approximate surface area is 109 Å². The van der Waals surface area contributed by atoms with E-state index in [4.69, 9.17) is 14.6 Å². The van der Waals surface area contributed by atoms with Crippen LogP contribution >= 0.6 is 0 Å². The van der Waals surface area contributed by atoms with Crippen LogP contribution < -0.4 is 9.47 Å². The molecule has 0 unspecified atom stereocenters. The van der Waals surface area contributed by atoms with E-state index in [-0.39, 0.29) is 12.5 Å². The summed E-state index contributed by atoms with van der Waals surface area (Å²) < 4.78 is 12.3. The first-order valence-corrected chi connectivity index (χ1v) is 5.74. The van der Waals surface area contributed by atoms with Gasteiger partial charge in [0.1, 0.15) is 0 Å². The number of fused-ring (bicyclic) bond motifs is 1. The summed E-state index contributed by atoms with van der Waals surface area (Å²) in [7, 11) is 1.70. The highest BCUT2D eigenvalue weighted by Crippen LogP contribution is 2.42. The Balaban J connectivity index is 2.20. The van der Waals surface area contributed by atoms with Crippen LogP contribution in [0.25, 0.3) is 11.3 Å². The summed E-state index contributed by atoms with van der Waals surface area (Å²) in [5.41, 5.74) is 2.49. The van der Waals surface area contributed by atoms with Gasteiger partial charge in [0.15, 0.2) is 17.2 Å². The van der Waals surface area contributed by atoms with Crippen molar-refractivity contribution < 1.29 is 19.4 Å². The molecule has 19 heavy (non-hydrogen) atoms. The Bertz CT molecular complexity index is 676. The fourth-order valence-electron chi connectivity index (χ4n) is 2.16.